The fourth-order valence-corrected chi connectivity index (χ4v) is 2.00. The number of aromatic nitrogens is 3. The van der Waals surface area contributed by atoms with Crippen molar-refractivity contribution in [3.8, 4) is 0 Å². The lowest BCUT2D eigenvalue weighted by Gasteiger charge is -2.21. The quantitative estimate of drug-likeness (QED) is 0.692. The number of hydrogen-bond donors (Lipinski definition) is 1. The van der Waals surface area contributed by atoms with Gasteiger partial charge in [-0.3, -0.25) is 0 Å². The molecule has 0 radical (unpaired) electrons. The number of hydrogen-bond acceptors (Lipinski definition) is 3. The number of rotatable bonds is 1. The van der Waals surface area contributed by atoms with Crippen molar-refractivity contribution in [3.63, 3.8) is 0 Å². The first kappa shape index (κ1) is 7.50. The Labute approximate surface area is 77.4 Å². The van der Waals surface area contributed by atoms with Crippen LogP contribution in [0.4, 0.5) is 0 Å². The van der Waals surface area contributed by atoms with Crippen LogP contribution in [0.1, 0.15) is 43.4 Å². The molecule has 1 N–H and O–H groups in total. The lowest BCUT2D eigenvalue weighted by molar-refractivity contribution is 0.429. The fraction of sp³-hybridized carbons (Fsp3) is 0.778. The summed E-state index contributed by atoms with van der Waals surface area (Å²) in [6.45, 7) is 4.24. The average molecular weight is 178 g/mol. The van der Waals surface area contributed by atoms with Crippen LogP contribution in [0, 0.1) is 0 Å². The predicted octanol–water partition coefficient (Wildman–Crippen LogP) is 0.820. The summed E-state index contributed by atoms with van der Waals surface area (Å²) in [6.07, 6.45) is 2.61. The summed E-state index contributed by atoms with van der Waals surface area (Å²) in [6, 6.07) is 0.369. The molecule has 0 bridgehead atoms. The molecule has 3 rings (SSSR count). The zero-order valence-electron chi connectivity index (χ0n) is 7.82. The highest BCUT2D eigenvalue weighted by molar-refractivity contribution is 5.11. The van der Waals surface area contributed by atoms with Gasteiger partial charge in [0.25, 0.3) is 0 Å². The molecule has 2 aliphatic rings. The molecule has 1 saturated carbocycles. The summed E-state index contributed by atoms with van der Waals surface area (Å²) in [5.41, 5.74) is 0. The number of nitrogens with zero attached hydrogens (tertiary/aromatic N) is 3. The third-order valence-electron chi connectivity index (χ3n) is 2.92. The molecule has 2 heterocycles. The van der Waals surface area contributed by atoms with Gasteiger partial charge in [-0.1, -0.05) is 0 Å². The van der Waals surface area contributed by atoms with E-state index in [9.17, 15) is 0 Å². The van der Waals surface area contributed by atoms with E-state index in [1.54, 1.807) is 0 Å². The van der Waals surface area contributed by atoms with Crippen LogP contribution in [0.15, 0.2) is 0 Å². The van der Waals surface area contributed by atoms with Crippen LogP contribution in [-0.4, -0.2) is 21.3 Å². The van der Waals surface area contributed by atoms with Gasteiger partial charge < -0.3 is 9.88 Å². The molecule has 1 aromatic rings. The molecule has 1 aliphatic carbocycles. The second-order valence-corrected chi connectivity index (χ2v) is 4.02. The lowest BCUT2D eigenvalue weighted by atomic mass is 10.2. The second-order valence-electron chi connectivity index (χ2n) is 4.02. The Hall–Kier alpha value is -0.900. The molecule has 4 nitrogen and oxygen atoms in total. The summed E-state index contributed by atoms with van der Waals surface area (Å²) in [7, 11) is 0. The van der Waals surface area contributed by atoms with E-state index in [1.165, 1.54) is 18.7 Å². The summed E-state index contributed by atoms with van der Waals surface area (Å²) >= 11 is 0. The molecule has 4 heteroatoms. The fourth-order valence-electron chi connectivity index (χ4n) is 2.00. The van der Waals surface area contributed by atoms with Gasteiger partial charge in [-0.2, -0.15) is 0 Å². The molecular formula is C9H14N4. The molecule has 1 aliphatic heterocycles. The van der Waals surface area contributed by atoms with Crippen LogP contribution in [0.25, 0.3) is 0 Å². The highest BCUT2D eigenvalue weighted by Gasteiger charge is 2.32. The third-order valence-corrected chi connectivity index (χ3v) is 2.92. The largest absolute Gasteiger partial charge is 0.312 e. The molecule has 1 atom stereocenters. The van der Waals surface area contributed by atoms with Crippen LogP contribution in [0.5, 0.6) is 0 Å². The van der Waals surface area contributed by atoms with Crippen molar-refractivity contribution in [2.45, 2.75) is 38.3 Å². The standard InChI is InChI=1S/C9H14N4/c1-6-8-11-12-9(7-2-3-7)13(8)5-4-10-6/h6-7,10H,2-5H2,1H3. The normalized spacial score (nSPS) is 27.3. The maximum absolute atomic E-state index is 4.28. The molecule has 0 amide bonds. The Morgan fingerprint density at radius 3 is 2.85 bits per heavy atom. The Kier molecular flexibility index (Phi) is 1.47. The van der Waals surface area contributed by atoms with E-state index in [0.717, 1.165) is 18.9 Å². The molecule has 1 unspecified atom stereocenters. The van der Waals surface area contributed by atoms with Gasteiger partial charge in [-0.15, -0.1) is 10.2 Å². The molecule has 70 valence electrons. The molecule has 13 heavy (non-hydrogen) atoms. The van der Waals surface area contributed by atoms with Crippen molar-refractivity contribution < 1.29 is 0 Å². The molecule has 0 spiro atoms. The van der Waals surface area contributed by atoms with Gasteiger partial charge in [0.05, 0.1) is 6.04 Å². The van der Waals surface area contributed by atoms with Crippen molar-refractivity contribution >= 4 is 0 Å². The van der Waals surface area contributed by atoms with Crippen molar-refractivity contribution in [1.82, 2.24) is 20.1 Å². The smallest absolute Gasteiger partial charge is 0.149 e. The van der Waals surface area contributed by atoms with E-state index in [4.69, 9.17) is 0 Å². The van der Waals surface area contributed by atoms with Gasteiger partial charge in [0.2, 0.25) is 0 Å². The zero-order chi connectivity index (χ0) is 8.84. The minimum atomic E-state index is 0.369. The van der Waals surface area contributed by atoms with Crippen LogP contribution < -0.4 is 5.32 Å². The van der Waals surface area contributed by atoms with Crippen LogP contribution in [0.2, 0.25) is 0 Å². The van der Waals surface area contributed by atoms with Gasteiger partial charge in [0, 0.05) is 19.0 Å². The maximum atomic E-state index is 4.28. The maximum Gasteiger partial charge on any atom is 0.149 e. The summed E-state index contributed by atoms with van der Waals surface area (Å²) < 4.78 is 2.30. The van der Waals surface area contributed by atoms with Crippen molar-refractivity contribution in [1.29, 1.82) is 0 Å². The molecule has 1 fully saturated rings. The van der Waals surface area contributed by atoms with Crippen LogP contribution in [0.3, 0.4) is 0 Å². The Balaban J connectivity index is 2.04. The second kappa shape index (κ2) is 2.54. The van der Waals surface area contributed by atoms with Gasteiger partial charge in [0.15, 0.2) is 0 Å². The number of nitrogens with one attached hydrogen (secondary N) is 1. The van der Waals surface area contributed by atoms with Crippen LogP contribution >= 0.6 is 0 Å². The Morgan fingerprint density at radius 1 is 1.31 bits per heavy atom. The van der Waals surface area contributed by atoms with E-state index in [2.05, 4.69) is 27.0 Å². The average Bonchev–Trinajstić information content (AvgIpc) is 2.87. The first-order valence-corrected chi connectivity index (χ1v) is 5.02. The van der Waals surface area contributed by atoms with Gasteiger partial charge >= 0.3 is 0 Å². The van der Waals surface area contributed by atoms with Gasteiger partial charge in [-0.05, 0) is 19.8 Å². The minimum absolute atomic E-state index is 0.369. The highest BCUT2D eigenvalue weighted by Crippen LogP contribution is 2.39. The molecular weight excluding hydrogens is 164 g/mol. The number of fused-ring (bicyclic) bond motifs is 1. The monoisotopic (exact) mass is 178 g/mol. The van der Waals surface area contributed by atoms with E-state index in [1.807, 2.05) is 0 Å². The molecule has 0 aromatic carbocycles. The van der Waals surface area contributed by atoms with E-state index in [-0.39, 0.29) is 0 Å². The van der Waals surface area contributed by atoms with Crippen molar-refractivity contribution in [3.05, 3.63) is 11.6 Å². The first-order chi connectivity index (χ1) is 6.36. The topological polar surface area (TPSA) is 42.7 Å². The lowest BCUT2D eigenvalue weighted by Crippen LogP contribution is -2.32. The third kappa shape index (κ3) is 1.09. The minimum Gasteiger partial charge on any atom is -0.312 e. The Bertz CT molecular complexity index is 313. The first-order valence-electron chi connectivity index (χ1n) is 5.02. The summed E-state index contributed by atoms with van der Waals surface area (Å²) in [5, 5.41) is 11.9. The van der Waals surface area contributed by atoms with Crippen molar-refractivity contribution in [2.75, 3.05) is 6.54 Å². The van der Waals surface area contributed by atoms with Crippen LogP contribution in [-0.2, 0) is 6.54 Å². The summed E-state index contributed by atoms with van der Waals surface area (Å²) in [4.78, 5) is 0. The SMILES string of the molecule is CC1NCCn2c(C3CC3)nnc21. The summed E-state index contributed by atoms with van der Waals surface area (Å²) in [5.74, 6) is 3.06. The van der Waals surface area contributed by atoms with Crippen molar-refractivity contribution in [2.24, 2.45) is 0 Å². The van der Waals surface area contributed by atoms with Gasteiger partial charge in [0.1, 0.15) is 11.6 Å². The predicted molar refractivity (Wildman–Crippen MR) is 48.4 cm³/mol. The molecule has 1 aromatic heterocycles. The highest BCUT2D eigenvalue weighted by atomic mass is 15.3. The van der Waals surface area contributed by atoms with E-state index in [0.29, 0.717) is 12.0 Å². The van der Waals surface area contributed by atoms with Gasteiger partial charge in [-0.25, -0.2) is 0 Å². The molecule has 0 saturated heterocycles. The zero-order valence-corrected chi connectivity index (χ0v) is 7.82. The van der Waals surface area contributed by atoms with E-state index >= 15 is 0 Å². The Morgan fingerprint density at radius 2 is 2.08 bits per heavy atom. The van der Waals surface area contributed by atoms with E-state index < -0.39 is 0 Å².